The van der Waals surface area contributed by atoms with E-state index in [-0.39, 0.29) is 0 Å². The number of methoxy groups -OCH3 is 1. The summed E-state index contributed by atoms with van der Waals surface area (Å²) in [6.45, 7) is 8.26. The van der Waals surface area contributed by atoms with Crippen LogP contribution in [0.5, 0.6) is 5.75 Å². The normalized spacial score (nSPS) is 23.4. The first kappa shape index (κ1) is 22.2. The summed E-state index contributed by atoms with van der Waals surface area (Å²) in [6, 6.07) is 9.25. The van der Waals surface area contributed by atoms with Gasteiger partial charge in [-0.1, -0.05) is 38.0 Å². The van der Waals surface area contributed by atoms with E-state index in [4.69, 9.17) is 24.5 Å². The molecule has 2 aliphatic rings. The molecular formula is C21H32N2O5. The molecule has 1 aliphatic carbocycles. The first-order valence-electron chi connectivity index (χ1n) is 9.95. The second-order valence-electron chi connectivity index (χ2n) is 7.66. The maximum Gasteiger partial charge on any atom is 0.414 e. The van der Waals surface area contributed by atoms with Gasteiger partial charge in [0.15, 0.2) is 0 Å². The molecule has 3 rings (SSSR count). The Hall–Kier alpha value is -2.12. The zero-order chi connectivity index (χ0) is 20.5. The van der Waals surface area contributed by atoms with Gasteiger partial charge in [-0.25, -0.2) is 9.59 Å². The zero-order valence-corrected chi connectivity index (χ0v) is 16.8. The van der Waals surface area contributed by atoms with E-state index in [1.54, 1.807) is 7.11 Å². The molecule has 156 valence electrons. The third-order valence-corrected chi connectivity index (χ3v) is 5.60. The van der Waals surface area contributed by atoms with Crippen LogP contribution in [0.25, 0.3) is 0 Å². The molecular weight excluding hydrogens is 360 g/mol. The Balaban J connectivity index is 0.000000409. The minimum atomic E-state index is -1.82. The molecule has 1 saturated carbocycles. The number of carbonyl (C=O) groups is 2. The van der Waals surface area contributed by atoms with E-state index >= 15 is 0 Å². The van der Waals surface area contributed by atoms with E-state index in [2.05, 4.69) is 34.9 Å². The molecule has 1 aromatic rings. The van der Waals surface area contributed by atoms with Crippen LogP contribution in [0.2, 0.25) is 0 Å². The Kier molecular flexibility index (Phi) is 8.73. The topological polar surface area (TPSA) is 90.3 Å². The van der Waals surface area contributed by atoms with E-state index in [0.717, 1.165) is 24.3 Å². The number of nitrogens with zero attached hydrogens (tertiary/aromatic N) is 2. The summed E-state index contributed by atoms with van der Waals surface area (Å²) in [5.41, 5.74) is 1.31. The van der Waals surface area contributed by atoms with Gasteiger partial charge in [0.2, 0.25) is 0 Å². The van der Waals surface area contributed by atoms with Crippen LogP contribution >= 0.6 is 0 Å². The molecule has 1 saturated heterocycles. The number of piperazine rings is 1. The van der Waals surface area contributed by atoms with E-state index in [1.807, 2.05) is 6.07 Å². The first-order chi connectivity index (χ1) is 13.4. The summed E-state index contributed by atoms with van der Waals surface area (Å²) in [7, 11) is 1.76. The van der Waals surface area contributed by atoms with Gasteiger partial charge in [-0.05, 0) is 24.8 Å². The third-order valence-electron chi connectivity index (χ3n) is 5.60. The van der Waals surface area contributed by atoms with Crippen molar-refractivity contribution < 1.29 is 24.5 Å². The summed E-state index contributed by atoms with van der Waals surface area (Å²) < 4.78 is 5.48. The molecule has 2 unspecified atom stereocenters. The van der Waals surface area contributed by atoms with Crippen LogP contribution in [0, 0.1) is 5.92 Å². The molecule has 7 heteroatoms. The zero-order valence-electron chi connectivity index (χ0n) is 16.8. The van der Waals surface area contributed by atoms with Gasteiger partial charge in [0.05, 0.1) is 7.11 Å². The Morgan fingerprint density at radius 1 is 1.07 bits per heavy atom. The minimum Gasteiger partial charge on any atom is -0.496 e. The lowest BCUT2D eigenvalue weighted by molar-refractivity contribution is -0.159. The molecule has 1 aliphatic heterocycles. The standard InChI is InChI=1S/C19H30N2O.C2H2O4/c1-16-6-5-8-18(14-16)21-12-10-20(11-13-21)15-17-7-3-4-9-19(17)22-2;3-1(4)2(5)6/h3-4,7,9,16,18H,5-6,8,10-15H2,1-2H3;(H,3,4)(H,5,6). The number of hydrogen-bond acceptors (Lipinski definition) is 5. The highest BCUT2D eigenvalue weighted by molar-refractivity contribution is 6.27. The van der Waals surface area contributed by atoms with Crippen molar-refractivity contribution in [3.8, 4) is 5.75 Å². The lowest BCUT2D eigenvalue weighted by atomic mass is 9.86. The lowest BCUT2D eigenvalue weighted by Crippen LogP contribution is -2.50. The average Bonchev–Trinajstić information content (AvgIpc) is 2.69. The van der Waals surface area contributed by atoms with Crippen LogP contribution in [0.1, 0.15) is 38.2 Å². The molecule has 2 fully saturated rings. The average molecular weight is 392 g/mol. The number of benzene rings is 1. The maximum absolute atomic E-state index is 9.10. The van der Waals surface area contributed by atoms with Crippen molar-refractivity contribution in [1.82, 2.24) is 9.80 Å². The molecule has 0 bridgehead atoms. The van der Waals surface area contributed by atoms with Crippen molar-refractivity contribution in [2.75, 3.05) is 33.3 Å². The second kappa shape index (κ2) is 11.0. The molecule has 0 aromatic heterocycles. The van der Waals surface area contributed by atoms with Gasteiger partial charge in [0, 0.05) is 44.3 Å². The van der Waals surface area contributed by atoms with Gasteiger partial charge < -0.3 is 14.9 Å². The number of carboxylic acid groups (broad SMARTS) is 2. The Morgan fingerprint density at radius 3 is 2.29 bits per heavy atom. The van der Waals surface area contributed by atoms with Crippen molar-refractivity contribution in [1.29, 1.82) is 0 Å². The highest BCUT2D eigenvalue weighted by Crippen LogP contribution is 2.28. The number of ether oxygens (including phenoxy) is 1. The van der Waals surface area contributed by atoms with Crippen LogP contribution in [0.4, 0.5) is 0 Å². The lowest BCUT2D eigenvalue weighted by Gasteiger charge is -2.42. The fourth-order valence-corrected chi connectivity index (χ4v) is 4.09. The van der Waals surface area contributed by atoms with Gasteiger partial charge in [-0.2, -0.15) is 0 Å². The van der Waals surface area contributed by atoms with E-state index in [9.17, 15) is 0 Å². The van der Waals surface area contributed by atoms with Crippen LogP contribution in [0.15, 0.2) is 24.3 Å². The largest absolute Gasteiger partial charge is 0.496 e. The Labute approximate surface area is 166 Å². The summed E-state index contributed by atoms with van der Waals surface area (Å²) in [5, 5.41) is 14.8. The predicted molar refractivity (Wildman–Crippen MR) is 107 cm³/mol. The molecule has 0 spiro atoms. The summed E-state index contributed by atoms with van der Waals surface area (Å²) in [6.07, 6.45) is 5.68. The van der Waals surface area contributed by atoms with Crippen molar-refractivity contribution in [3.63, 3.8) is 0 Å². The van der Waals surface area contributed by atoms with Gasteiger partial charge in [-0.15, -0.1) is 0 Å². The minimum absolute atomic E-state index is 0.845. The number of para-hydroxylation sites is 1. The molecule has 1 aromatic carbocycles. The summed E-state index contributed by atoms with van der Waals surface area (Å²) in [5.74, 6) is -1.71. The molecule has 0 radical (unpaired) electrons. The second-order valence-corrected chi connectivity index (χ2v) is 7.66. The first-order valence-corrected chi connectivity index (χ1v) is 9.95. The number of carboxylic acids is 2. The van der Waals surface area contributed by atoms with Gasteiger partial charge in [-0.3, -0.25) is 9.80 Å². The van der Waals surface area contributed by atoms with Crippen LogP contribution in [-0.4, -0.2) is 71.3 Å². The summed E-state index contributed by atoms with van der Waals surface area (Å²) >= 11 is 0. The van der Waals surface area contributed by atoms with E-state index < -0.39 is 11.9 Å². The van der Waals surface area contributed by atoms with Crippen LogP contribution in [-0.2, 0) is 16.1 Å². The van der Waals surface area contributed by atoms with Crippen molar-refractivity contribution in [3.05, 3.63) is 29.8 Å². The molecule has 2 N–H and O–H groups in total. The maximum atomic E-state index is 9.10. The number of hydrogen-bond donors (Lipinski definition) is 2. The predicted octanol–water partition coefficient (Wildman–Crippen LogP) is 2.55. The van der Waals surface area contributed by atoms with Crippen molar-refractivity contribution >= 4 is 11.9 Å². The monoisotopic (exact) mass is 392 g/mol. The molecule has 7 nitrogen and oxygen atoms in total. The van der Waals surface area contributed by atoms with Crippen LogP contribution in [0.3, 0.4) is 0 Å². The summed E-state index contributed by atoms with van der Waals surface area (Å²) in [4.78, 5) is 23.5. The van der Waals surface area contributed by atoms with Crippen molar-refractivity contribution in [2.24, 2.45) is 5.92 Å². The number of aliphatic carboxylic acids is 2. The fraction of sp³-hybridized carbons (Fsp3) is 0.619. The highest BCUT2D eigenvalue weighted by Gasteiger charge is 2.27. The SMILES string of the molecule is COc1ccccc1CN1CCN(C2CCCC(C)C2)CC1.O=C(O)C(=O)O. The quantitative estimate of drug-likeness (QED) is 0.761. The van der Waals surface area contributed by atoms with Gasteiger partial charge in [0.1, 0.15) is 5.75 Å². The highest BCUT2D eigenvalue weighted by atomic mass is 16.5. The molecule has 0 amide bonds. The fourth-order valence-electron chi connectivity index (χ4n) is 4.09. The van der Waals surface area contributed by atoms with Gasteiger partial charge >= 0.3 is 11.9 Å². The van der Waals surface area contributed by atoms with Crippen molar-refractivity contribution in [2.45, 2.75) is 45.2 Å². The smallest absolute Gasteiger partial charge is 0.414 e. The van der Waals surface area contributed by atoms with Crippen LogP contribution < -0.4 is 4.74 Å². The van der Waals surface area contributed by atoms with E-state index in [1.165, 1.54) is 57.4 Å². The Bertz CT molecular complexity index is 631. The van der Waals surface area contributed by atoms with Gasteiger partial charge in [0.25, 0.3) is 0 Å². The Morgan fingerprint density at radius 2 is 1.71 bits per heavy atom. The molecule has 1 heterocycles. The third kappa shape index (κ3) is 6.80. The molecule has 28 heavy (non-hydrogen) atoms. The number of rotatable bonds is 4. The molecule has 2 atom stereocenters. The van der Waals surface area contributed by atoms with E-state index in [0.29, 0.717) is 0 Å².